The number of benzene rings is 2. The van der Waals surface area contributed by atoms with Gasteiger partial charge in [-0.3, -0.25) is 9.59 Å². The Morgan fingerprint density at radius 2 is 1.82 bits per heavy atom. The van der Waals surface area contributed by atoms with Gasteiger partial charge >= 0.3 is 0 Å². The predicted molar refractivity (Wildman–Crippen MR) is 89.8 cm³/mol. The van der Waals surface area contributed by atoms with E-state index in [-0.39, 0.29) is 36.8 Å². The van der Waals surface area contributed by atoms with Crippen LogP contribution in [0.1, 0.15) is 18.5 Å². The Morgan fingerprint density at radius 3 is 2.45 bits per heavy atom. The molecule has 6 heteroatoms. The lowest BCUT2D eigenvalue weighted by Gasteiger charge is -2.18. The Bertz CT molecular complexity index is 661. The summed E-state index contributed by atoms with van der Waals surface area (Å²) in [5, 5.41) is 7.53. The molecule has 1 atom stereocenters. The standard InChI is InChI=1S/C16H19N3O2.ClH/c1-11(20)18-10-16(21)19-15(9-17)14-7-6-12-4-2-3-5-13(12)8-14;/h2-8,15H,9-10,17H2,1H3,(H,18,20)(H,19,21);1H. The van der Waals surface area contributed by atoms with Crippen LogP contribution in [-0.4, -0.2) is 24.9 Å². The van der Waals surface area contributed by atoms with Crippen molar-refractivity contribution in [3.63, 3.8) is 0 Å². The molecule has 2 rings (SSSR count). The van der Waals surface area contributed by atoms with Crippen molar-refractivity contribution < 1.29 is 9.59 Å². The fourth-order valence-corrected chi connectivity index (χ4v) is 2.15. The van der Waals surface area contributed by atoms with Gasteiger partial charge in [-0.1, -0.05) is 36.4 Å². The maximum atomic E-state index is 11.8. The second kappa shape index (κ2) is 8.36. The average Bonchev–Trinajstić information content (AvgIpc) is 2.50. The van der Waals surface area contributed by atoms with Crippen molar-refractivity contribution in [1.82, 2.24) is 10.6 Å². The van der Waals surface area contributed by atoms with Crippen molar-refractivity contribution in [2.75, 3.05) is 13.1 Å². The predicted octanol–water partition coefficient (Wildman–Crippen LogP) is 1.51. The fraction of sp³-hybridized carbons (Fsp3) is 0.250. The van der Waals surface area contributed by atoms with Crippen molar-refractivity contribution in [2.24, 2.45) is 5.73 Å². The fourth-order valence-electron chi connectivity index (χ4n) is 2.15. The molecule has 5 nitrogen and oxygen atoms in total. The number of hydrogen-bond donors (Lipinski definition) is 3. The van der Waals surface area contributed by atoms with E-state index in [0.29, 0.717) is 6.54 Å². The highest BCUT2D eigenvalue weighted by Gasteiger charge is 2.13. The van der Waals surface area contributed by atoms with Crippen LogP contribution in [0, 0.1) is 0 Å². The monoisotopic (exact) mass is 321 g/mol. The number of hydrogen-bond acceptors (Lipinski definition) is 3. The summed E-state index contributed by atoms with van der Waals surface area (Å²) in [7, 11) is 0. The van der Waals surface area contributed by atoms with Crippen LogP contribution in [0.25, 0.3) is 10.8 Å². The molecule has 0 saturated heterocycles. The van der Waals surface area contributed by atoms with Gasteiger partial charge in [0, 0.05) is 13.5 Å². The Kier molecular flexibility index (Phi) is 6.82. The van der Waals surface area contributed by atoms with Crippen LogP contribution in [0.5, 0.6) is 0 Å². The van der Waals surface area contributed by atoms with E-state index in [4.69, 9.17) is 5.73 Å². The second-order valence-electron chi connectivity index (χ2n) is 4.87. The Balaban J connectivity index is 0.00000242. The molecule has 2 aromatic carbocycles. The first kappa shape index (κ1) is 17.9. The highest BCUT2D eigenvalue weighted by molar-refractivity contribution is 5.85. The van der Waals surface area contributed by atoms with Crippen LogP contribution in [0.15, 0.2) is 42.5 Å². The summed E-state index contributed by atoms with van der Waals surface area (Å²) in [5.41, 5.74) is 6.70. The molecule has 0 heterocycles. The van der Waals surface area contributed by atoms with E-state index in [9.17, 15) is 9.59 Å². The van der Waals surface area contributed by atoms with Gasteiger partial charge in [0.05, 0.1) is 12.6 Å². The SMILES string of the molecule is CC(=O)NCC(=O)NC(CN)c1ccc2ccccc2c1.Cl. The molecule has 118 valence electrons. The van der Waals surface area contributed by atoms with Gasteiger partial charge in [-0.05, 0) is 22.4 Å². The third-order valence-corrected chi connectivity index (χ3v) is 3.24. The van der Waals surface area contributed by atoms with Crippen molar-refractivity contribution in [3.05, 3.63) is 48.0 Å². The van der Waals surface area contributed by atoms with Crippen molar-refractivity contribution in [1.29, 1.82) is 0 Å². The van der Waals surface area contributed by atoms with Crippen LogP contribution in [0.2, 0.25) is 0 Å². The maximum absolute atomic E-state index is 11.8. The second-order valence-corrected chi connectivity index (χ2v) is 4.87. The zero-order valence-corrected chi connectivity index (χ0v) is 13.2. The number of rotatable bonds is 5. The zero-order valence-electron chi connectivity index (χ0n) is 12.3. The highest BCUT2D eigenvalue weighted by Crippen LogP contribution is 2.19. The summed E-state index contributed by atoms with van der Waals surface area (Å²) in [6, 6.07) is 13.7. The first-order chi connectivity index (χ1) is 10.1. The number of carbonyl (C=O) groups excluding carboxylic acids is 2. The third-order valence-electron chi connectivity index (χ3n) is 3.24. The first-order valence-corrected chi connectivity index (χ1v) is 6.82. The largest absolute Gasteiger partial charge is 0.347 e. The summed E-state index contributed by atoms with van der Waals surface area (Å²) in [5.74, 6) is -0.492. The minimum Gasteiger partial charge on any atom is -0.347 e. The molecule has 0 saturated carbocycles. The van der Waals surface area contributed by atoms with Crippen LogP contribution in [-0.2, 0) is 9.59 Å². The van der Waals surface area contributed by atoms with E-state index in [1.54, 1.807) is 0 Å². The minimum absolute atomic E-state index is 0. The molecule has 2 aromatic rings. The molecule has 0 spiro atoms. The normalized spacial score (nSPS) is 11.4. The molecular weight excluding hydrogens is 302 g/mol. The summed E-state index contributed by atoms with van der Waals surface area (Å²) >= 11 is 0. The molecule has 0 aliphatic carbocycles. The third kappa shape index (κ3) is 4.72. The lowest BCUT2D eigenvalue weighted by Crippen LogP contribution is -2.40. The zero-order chi connectivity index (χ0) is 15.2. The van der Waals surface area contributed by atoms with E-state index in [0.717, 1.165) is 16.3 Å². The average molecular weight is 322 g/mol. The highest BCUT2D eigenvalue weighted by atomic mass is 35.5. The van der Waals surface area contributed by atoms with E-state index in [2.05, 4.69) is 10.6 Å². The maximum Gasteiger partial charge on any atom is 0.239 e. The van der Waals surface area contributed by atoms with Gasteiger partial charge in [0.25, 0.3) is 0 Å². The van der Waals surface area contributed by atoms with E-state index in [1.165, 1.54) is 6.92 Å². The quantitative estimate of drug-likeness (QED) is 0.780. The Labute approximate surface area is 135 Å². The van der Waals surface area contributed by atoms with Crippen LogP contribution < -0.4 is 16.4 Å². The molecule has 0 aliphatic heterocycles. The Morgan fingerprint density at radius 1 is 1.14 bits per heavy atom. The number of carbonyl (C=O) groups is 2. The number of halogens is 1. The molecule has 0 aromatic heterocycles. The summed E-state index contributed by atoms with van der Waals surface area (Å²) in [6.45, 7) is 1.63. The Hall–Kier alpha value is -2.11. The number of amides is 2. The topological polar surface area (TPSA) is 84.2 Å². The summed E-state index contributed by atoms with van der Waals surface area (Å²) < 4.78 is 0. The van der Waals surface area contributed by atoms with Crippen molar-refractivity contribution in [3.8, 4) is 0 Å². The van der Waals surface area contributed by atoms with Gasteiger partial charge in [-0.15, -0.1) is 12.4 Å². The molecular formula is C16H20ClN3O2. The van der Waals surface area contributed by atoms with Gasteiger partial charge < -0.3 is 16.4 Å². The lowest BCUT2D eigenvalue weighted by molar-refractivity contribution is -0.125. The van der Waals surface area contributed by atoms with E-state index >= 15 is 0 Å². The van der Waals surface area contributed by atoms with Crippen molar-refractivity contribution in [2.45, 2.75) is 13.0 Å². The van der Waals surface area contributed by atoms with Gasteiger partial charge in [-0.25, -0.2) is 0 Å². The molecule has 0 radical (unpaired) electrons. The lowest BCUT2D eigenvalue weighted by atomic mass is 10.0. The molecule has 22 heavy (non-hydrogen) atoms. The molecule has 2 amide bonds. The van der Waals surface area contributed by atoms with E-state index in [1.807, 2.05) is 42.5 Å². The molecule has 1 unspecified atom stereocenters. The van der Waals surface area contributed by atoms with Crippen LogP contribution in [0.3, 0.4) is 0 Å². The first-order valence-electron chi connectivity index (χ1n) is 6.82. The van der Waals surface area contributed by atoms with Crippen molar-refractivity contribution >= 4 is 35.0 Å². The van der Waals surface area contributed by atoms with Crippen LogP contribution in [0.4, 0.5) is 0 Å². The van der Waals surface area contributed by atoms with Gasteiger partial charge in [-0.2, -0.15) is 0 Å². The molecule has 0 fully saturated rings. The van der Waals surface area contributed by atoms with Gasteiger partial charge in [0.2, 0.25) is 11.8 Å². The number of nitrogens with two attached hydrogens (primary N) is 1. The molecule has 0 aliphatic rings. The van der Waals surface area contributed by atoms with E-state index < -0.39 is 0 Å². The van der Waals surface area contributed by atoms with Crippen LogP contribution >= 0.6 is 12.4 Å². The number of fused-ring (bicyclic) bond motifs is 1. The smallest absolute Gasteiger partial charge is 0.239 e. The molecule has 4 N–H and O–H groups in total. The molecule has 0 bridgehead atoms. The summed E-state index contributed by atoms with van der Waals surface area (Å²) in [6.07, 6.45) is 0. The summed E-state index contributed by atoms with van der Waals surface area (Å²) in [4.78, 5) is 22.6. The minimum atomic E-state index is -0.268. The number of nitrogens with one attached hydrogen (secondary N) is 2. The van der Waals surface area contributed by atoms with Gasteiger partial charge in [0.1, 0.15) is 0 Å². The van der Waals surface area contributed by atoms with Gasteiger partial charge in [0.15, 0.2) is 0 Å².